The molecular formula is C9H6F3N3O2. The van der Waals surface area contributed by atoms with E-state index in [9.17, 15) is 13.2 Å². The molecule has 0 amide bonds. The molecule has 2 aromatic heterocycles. The molecule has 17 heavy (non-hydrogen) atoms. The number of fused-ring (bicyclic) bond motifs is 1. The van der Waals surface area contributed by atoms with Crippen LogP contribution in [0.25, 0.3) is 11.0 Å². The summed E-state index contributed by atoms with van der Waals surface area (Å²) < 4.78 is 42.0. The molecule has 0 radical (unpaired) electrons. The van der Waals surface area contributed by atoms with Gasteiger partial charge in [0.05, 0.1) is 18.8 Å². The number of aromatic hydroxyl groups is 1. The van der Waals surface area contributed by atoms with Gasteiger partial charge in [-0.3, -0.25) is 0 Å². The number of aromatic nitrogens is 3. The van der Waals surface area contributed by atoms with E-state index in [1.165, 1.54) is 13.2 Å². The van der Waals surface area contributed by atoms with E-state index in [4.69, 9.17) is 9.84 Å². The predicted octanol–water partition coefficient (Wildman–Crippen LogP) is 1.76. The Balaban J connectivity index is 2.66. The average molecular weight is 245 g/mol. The van der Waals surface area contributed by atoms with Crippen molar-refractivity contribution >= 4 is 11.0 Å². The average Bonchev–Trinajstić information content (AvgIpc) is 2.25. The zero-order chi connectivity index (χ0) is 12.6. The van der Waals surface area contributed by atoms with E-state index in [-0.39, 0.29) is 16.9 Å². The Hall–Kier alpha value is -2.12. The van der Waals surface area contributed by atoms with Crippen LogP contribution in [0.3, 0.4) is 0 Å². The number of nitrogens with zero attached hydrogens (tertiary/aromatic N) is 3. The van der Waals surface area contributed by atoms with Gasteiger partial charge in [-0.05, 0) is 0 Å². The van der Waals surface area contributed by atoms with Crippen LogP contribution in [0, 0.1) is 0 Å². The summed E-state index contributed by atoms with van der Waals surface area (Å²) in [5.74, 6) is -0.996. The van der Waals surface area contributed by atoms with Crippen molar-refractivity contribution in [1.82, 2.24) is 15.0 Å². The molecule has 0 saturated carbocycles. The van der Waals surface area contributed by atoms with Gasteiger partial charge >= 0.3 is 6.18 Å². The molecule has 2 heterocycles. The number of hydrogen-bond acceptors (Lipinski definition) is 5. The summed E-state index contributed by atoms with van der Waals surface area (Å²) in [6.07, 6.45) is -3.67. The third kappa shape index (κ3) is 2.05. The number of methoxy groups -OCH3 is 1. The number of rotatable bonds is 1. The molecule has 0 aromatic carbocycles. The van der Waals surface area contributed by atoms with Crippen LogP contribution in [0.1, 0.15) is 5.69 Å². The molecule has 5 nitrogen and oxygen atoms in total. The molecular weight excluding hydrogens is 239 g/mol. The second-order valence-corrected chi connectivity index (χ2v) is 3.11. The topological polar surface area (TPSA) is 68.1 Å². The van der Waals surface area contributed by atoms with Crippen LogP contribution in [0.4, 0.5) is 13.2 Å². The van der Waals surface area contributed by atoms with E-state index >= 15 is 0 Å². The molecule has 0 bridgehead atoms. The number of hydrogen-bond donors (Lipinski definition) is 1. The summed E-state index contributed by atoms with van der Waals surface area (Å²) >= 11 is 0. The predicted molar refractivity (Wildman–Crippen MR) is 50.6 cm³/mol. The third-order valence-electron chi connectivity index (χ3n) is 1.98. The summed E-state index contributed by atoms with van der Waals surface area (Å²) in [5, 5.41) is 9.15. The van der Waals surface area contributed by atoms with Crippen LogP contribution >= 0.6 is 0 Å². The van der Waals surface area contributed by atoms with E-state index in [0.717, 1.165) is 6.20 Å². The smallest absolute Gasteiger partial charge is 0.438 e. The first kappa shape index (κ1) is 11.4. The number of alkyl halides is 3. The maximum Gasteiger partial charge on any atom is 0.438 e. The molecule has 0 fully saturated rings. The lowest BCUT2D eigenvalue weighted by molar-refractivity contribution is -0.142. The van der Waals surface area contributed by atoms with Gasteiger partial charge in [-0.2, -0.15) is 13.2 Å². The first-order chi connectivity index (χ1) is 7.91. The highest BCUT2D eigenvalue weighted by atomic mass is 19.4. The van der Waals surface area contributed by atoms with Gasteiger partial charge in [0.1, 0.15) is 5.52 Å². The number of halogens is 3. The van der Waals surface area contributed by atoms with Crippen LogP contribution < -0.4 is 4.74 Å². The van der Waals surface area contributed by atoms with E-state index in [0.29, 0.717) is 0 Å². The van der Waals surface area contributed by atoms with Crippen molar-refractivity contribution in [2.75, 3.05) is 7.11 Å². The van der Waals surface area contributed by atoms with Crippen molar-refractivity contribution in [2.24, 2.45) is 0 Å². The highest BCUT2D eigenvalue weighted by Crippen LogP contribution is 2.34. The fourth-order valence-corrected chi connectivity index (χ4v) is 1.23. The molecule has 8 heteroatoms. The van der Waals surface area contributed by atoms with Gasteiger partial charge in [-0.25, -0.2) is 15.0 Å². The minimum Gasteiger partial charge on any atom is -0.492 e. The zero-order valence-electron chi connectivity index (χ0n) is 8.49. The van der Waals surface area contributed by atoms with Crippen LogP contribution in [-0.4, -0.2) is 27.2 Å². The normalized spacial score (nSPS) is 11.8. The third-order valence-corrected chi connectivity index (χ3v) is 1.98. The Morgan fingerprint density at radius 3 is 2.53 bits per heavy atom. The standard InChI is InChI=1S/C9H6F3N3O2/c1-17-6-2-4-5(3-13-6)14-7(8(16)15-4)9(10,11)12/h2-3H,1H3,(H,15,16). The highest BCUT2D eigenvalue weighted by Gasteiger charge is 2.37. The second-order valence-electron chi connectivity index (χ2n) is 3.11. The van der Waals surface area contributed by atoms with Crippen LogP contribution in [0.2, 0.25) is 0 Å². The van der Waals surface area contributed by atoms with E-state index in [1.54, 1.807) is 0 Å². The second kappa shape index (κ2) is 3.72. The molecule has 0 aliphatic heterocycles. The van der Waals surface area contributed by atoms with Crippen molar-refractivity contribution in [2.45, 2.75) is 6.18 Å². The fraction of sp³-hybridized carbons (Fsp3) is 0.222. The minimum absolute atomic E-state index is 0.0716. The van der Waals surface area contributed by atoms with E-state index < -0.39 is 17.8 Å². The molecule has 2 rings (SSSR count). The Morgan fingerprint density at radius 2 is 1.94 bits per heavy atom. The van der Waals surface area contributed by atoms with Crippen molar-refractivity contribution in [1.29, 1.82) is 0 Å². The van der Waals surface area contributed by atoms with Crippen LogP contribution in [-0.2, 0) is 6.18 Å². The Morgan fingerprint density at radius 1 is 1.24 bits per heavy atom. The molecule has 0 unspecified atom stereocenters. The van der Waals surface area contributed by atoms with Gasteiger partial charge in [0, 0.05) is 6.07 Å². The molecule has 0 aliphatic rings. The fourth-order valence-electron chi connectivity index (χ4n) is 1.23. The maximum absolute atomic E-state index is 12.4. The summed E-state index contributed by atoms with van der Waals surface area (Å²) in [4.78, 5) is 10.4. The largest absolute Gasteiger partial charge is 0.492 e. The summed E-state index contributed by atoms with van der Waals surface area (Å²) in [6.45, 7) is 0. The van der Waals surface area contributed by atoms with Gasteiger partial charge < -0.3 is 9.84 Å². The quantitative estimate of drug-likeness (QED) is 0.829. The first-order valence-corrected chi connectivity index (χ1v) is 4.40. The van der Waals surface area contributed by atoms with Gasteiger partial charge in [0.2, 0.25) is 17.5 Å². The number of ether oxygens (including phenoxy) is 1. The molecule has 0 atom stereocenters. The number of pyridine rings is 1. The molecule has 2 aromatic rings. The summed E-state index contributed by atoms with van der Waals surface area (Å²) in [6, 6.07) is 1.28. The van der Waals surface area contributed by atoms with Crippen molar-refractivity contribution in [3.63, 3.8) is 0 Å². The van der Waals surface area contributed by atoms with Gasteiger partial charge in [-0.15, -0.1) is 0 Å². The molecule has 0 saturated heterocycles. The lowest BCUT2D eigenvalue weighted by Crippen LogP contribution is -2.09. The Labute approximate surface area is 92.9 Å². The molecule has 0 spiro atoms. The van der Waals surface area contributed by atoms with Crippen molar-refractivity contribution < 1.29 is 23.0 Å². The summed E-state index contributed by atoms with van der Waals surface area (Å²) in [5.41, 5.74) is -1.43. The lowest BCUT2D eigenvalue weighted by atomic mass is 10.3. The first-order valence-electron chi connectivity index (χ1n) is 4.40. The van der Waals surface area contributed by atoms with E-state index in [1.807, 2.05) is 0 Å². The van der Waals surface area contributed by atoms with Gasteiger partial charge in [0.25, 0.3) is 0 Å². The highest BCUT2D eigenvalue weighted by molar-refractivity contribution is 5.75. The SMILES string of the molecule is COc1cc2nc(O)c(C(F)(F)F)nc2cn1. The molecule has 90 valence electrons. The van der Waals surface area contributed by atoms with Gasteiger partial charge in [0.15, 0.2) is 0 Å². The lowest BCUT2D eigenvalue weighted by Gasteiger charge is -2.08. The minimum atomic E-state index is -4.76. The van der Waals surface area contributed by atoms with Crippen LogP contribution in [0.15, 0.2) is 12.3 Å². The summed E-state index contributed by atoms with van der Waals surface area (Å²) in [7, 11) is 1.35. The molecule has 1 N–H and O–H groups in total. The van der Waals surface area contributed by atoms with Gasteiger partial charge in [-0.1, -0.05) is 0 Å². The van der Waals surface area contributed by atoms with E-state index in [2.05, 4.69) is 15.0 Å². The van der Waals surface area contributed by atoms with Crippen molar-refractivity contribution in [3.8, 4) is 11.8 Å². The maximum atomic E-state index is 12.4. The Bertz CT molecular complexity index is 571. The Kier molecular flexibility index (Phi) is 2.49. The monoisotopic (exact) mass is 245 g/mol. The van der Waals surface area contributed by atoms with Crippen LogP contribution in [0.5, 0.6) is 11.8 Å². The molecule has 0 aliphatic carbocycles. The van der Waals surface area contributed by atoms with Crippen molar-refractivity contribution in [3.05, 3.63) is 18.0 Å². The zero-order valence-corrected chi connectivity index (χ0v) is 8.49.